The van der Waals surface area contributed by atoms with Crippen molar-refractivity contribution in [3.8, 4) is 0 Å². The molecule has 4 N–H and O–H groups in total. The van der Waals surface area contributed by atoms with Crippen LogP contribution in [0.1, 0.15) is 29.8 Å². The molecule has 2 atom stereocenters. The molecule has 0 saturated heterocycles. The third-order valence-corrected chi connectivity index (χ3v) is 3.34. The summed E-state index contributed by atoms with van der Waals surface area (Å²) in [6, 6.07) is 0.0437. The third kappa shape index (κ3) is 2.85. The first-order valence-corrected chi connectivity index (χ1v) is 6.26. The van der Waals surface area contributed by atoms with Gasteiger partial charge in [0.1, 0.15) is 0 Å². The molecule has 1 aromatic rings. The van der Waals surface area contributed by atoms with Crippen LogP contribution >= 0.6 is 0 Å². The second-order valence-electron chi connectivity index (χ2n) is 4.61. The van der Waals surface area contributed by atoms with E-state index in [1.165, 1.54) is 0 Å². The molecule has 2 unspecified atom stereocenters. The number of aliphatic hydroxyl groups is 1. The minimum Gasteiger partial charge on any atom is -0.396 e. The summed E-state index contributed by atoms with van der Waals surface area (Å²) in [5.74, 6) is -0.0725. The summed E-state index contributed by atoms with van der Waals surface area (Å²) in [5, 5.41) is 19.7. The number of aliphatic hydroxyl groups excluding tert-OH is 1. The van der Waals surface area contributed by atoms with Gasteiger partial charge in [-0.2, -0.15) is 0 Å². The van der Waals surface area contributed by atoms with Crippen LogP contribution in [0.15, 0.2) is 6.20 Å². The van der Waals surface area contributed by atoms with Crippen molar-refractivity contribution in [3.63, 3.8) is 0 Å². The average Bonchev–Trinajstić information content (AvgIpc) is 2.98. The predicted molar refractivity (Wildman–Crippen MR) is 64.8 cm³/mol. The van der Waals surface area contributed by atoms with E-state index in [0.717, 1.165) is 19.3 Å². The van der Waals surface area contributed by atoms with Gasteiger partial charge in [0.05, 0.1) is 12.7 Å². The van der Waals surface area contributed by atoms with E-state index in [4.69, 9.17) is 5.73 Å². The van der Waals surface area contributed by atoms with Crippen LogP contribution < -0.4 is 11.1 Å². The number of aromatic nitrogens is 3. The van der Waals surface area contributed by atoms with Crippen LogP contribution in [0, 0.1) is 5.92 Å². The quantitative estimate of drug-likeness (QED) is 0.632. The lowest BCUT2D eigenvalue weighted by molar-refractivity contribution is 0.0911. The maximum absolute atomic E-state index is 11.9. The molecule has 1 aliphatic carbocycles. The van der Waals surface area contributed by atoms with Crippen LogP contribution in [-0.2, 0) is 6.54 Å². The summed E-state index contributed by atoms with van der Waals surface area (Å²) >= 11 is 0. The highest BCUT2D eigenvalue weighted by Gasteiger charge is 2.28. The van der Waals surface area contributed by atoms with Gasteiger partial charge in [-0.1, -0.05) is 11.6 Å². The van der Waals surface area contributed by atoms with Crippen LogP contribution in [0.25, 0.3) is 0 Å². The number of hydrogen-bond donors (Lipinski definition) is 3. The minimum atomic E-state index is -0.233. The molecule has 0 radical (unpaired) electrons. The van der Waals surface area contributed by atoms with Gasteiger partial charge in [0.15, 0.2) is 5.69 Å². The Morgan fingerprint density at radius 2 is 2.44 bits per heavy atom. The summed E-state index contributed by atoms with van der Waals surface area (Å²) in [6.07, 6.45) is 4.50. The van der Waals surface area contributed by atoms with Gasteiger partial charge in [0.2, 0.25) is 0 Å². The number of nitrogens with one attached hydrogen (secondary N) is 1. The summed E-state index contributed by atoms with van der Waals surface area (Å²) in [7, 11) is 0. The van der Waals surface area contributed by atoms with Crippen LogP contribution in [0.4, 0.5) is 0 Å². The van der Waals surface area contributed by atoms with E-state index in [9.17, 15) is 9.90 Å². The van der Waals surface area contributed by atoms with Gasteiger partial charge < -0.3 is 16.2 Å². The van der Waals surface area contributed by atoms with Gasteiger partial charge >= 0.3 is 0 Å². The van der Waals surface area contributed by atoms with Gasteiger partial charge in [-0.15, -0.1) is 5.10 Å². The molecular formula is C11H19N5O2. The molecule has 0 aliphatic heterocycles. The molecule has 1 heterocycles. The number of carbonyl (C=O) groups is 1. The molecule has 1 amide bonds. The first-order valence-electron chi connectivity index (χ1n) is 6.26. The Morgan fingerprint density at radius 3 is 3.17 bits per heavy atom. The van der Waals surface area contributed by atoms with Crippen molar-refractivity contribution in [3.05, 3.63) is 11.9 Å². The number of rotatable bonds is 5. The number of carbonyl (C=O) groups excluding carboxylic acids is 1. The SMILES string of the molecule is NCCn1cc(C(=O)NC2CCCC2CO)nn1. The van der Waals surface area contributed by atoms with Crippen molar-refractivity contribution in [2.75, 3.05) is 13.2 Å². The second-order valence-corrected chi connectivity index (χ2v) is 4.61. The van der Waals surface area contributed by atoms with Crippen molar-refractivity contribution in [1.29, 1.82) is 0 Å². The monoisotopic (exact) mass is 253 g/mol. The molecular weight excluding hydrogens is 234 g/mol. The Morgan fingerprint density at radius 1 is 1.61 bits per heavy atom. The molecule has 0 bridgehead atoms. The summed E-state index contributed by atoms with van der Waals surface area (Å²) < 4.78 is 1.55. The summed E-state index contributed by atoms with van der Waals surface area (Å²) in [5.41, 5.74) is 5.70. The third-order valence-electron chi connectivity index (χ3n) is 3.34. The molecule has 1 aromatic heterocycles. The van der Waals surface area contributed by atoms with Gasteiger partial charge in [-0.3, -0.25) is 9.48 Å². The number of nitrogens with zero attached hydrogens (tertiary/aromatic N) is 3. The molecule has 0 spiro atoms. The van der Waals surface area contributed by atoms with Crippen molar-refractivity contribution in [2.24, 2.45) is 11.7 Å². The summed E-state index contributed by atoms with van der Waals surface area (Å²) in [6.45, 7) is 1.12. The van der Waals surface area contributed by atoms with E-state index in [1.807, 2.05) is 0 Å². The fourth-order valence-electron chi connectivity index (χ4n) is 2.33. The summed E-state index contributed by atoms with van der Waals surface area (Å²) in [4.78, 5) is 11.9. The topological polar surface area (TPSA) is 106 Å². The maximum Gasteiger partial charge on any atom is 0.273 e. The normalized spacial score (nSPS) is 23.2. The fraction of sp³-hybridized carbons (Fsp3) is 0.727. The van der Waals surface area contributed by atoms with Crippen LogP contribution in [0.2, 0.25) is 0 Å². The number of nitrogens with two attached hydrogens (primary N) is 1. The molecule has 1 fully saturated rings. The van der Waals surface area contributed by atoms with Crippen molar-refractivity contribution in [1.82, 2.24) is 20.3 Å². The Hall–Kier alpha value is -1.47. The second kappa shape index (κ2) is 5.92. The molecule has 0 aromatic carbocycles. The molecule has 100 valence electrons. The van der Waals surface area contributed by atoms with E-state index < -0.39 is 0 Å². The first kappa shape index (κ1) is 13.0. The zero-order chi connectivity index (χ0) is 13.0. The lowest BCUT2D eigenvalue weighted by atomic mass is 10.1. The van der Waals surface area contributed by atoms with Crippen LogP contribution in [0.3, 0.4) is 0 Å². The average molecular weight is 253 g/mol. The first-order chi connectivity index (χ1) is 8.74. The zero-order valence-corrected chi connectivity index (χ0v) is 10.2. The van der Waals surface area contributed by atoms with Gasteiger partial charge in [0, 0.05) is 25.1 Å². The van der Waals surface area contributed by atoms with Crippen LogP contribution in [0.5, 0.6) is 0 Å². The van der Waals surface area contributed by atoms with Crippen LogP contribution in [-0.4, -0.2) is 45.2 Å². The van der Waals surface area contributed by atoms with Crippen molar-refractivity contribution < 1.29 is 9.90 Å². The Balaban J connectivity index is 1.94. The maximum atomic E-state index is 11.9. The molecule has 18 heavy (non-hydrogen) atoms. The van der Waals surface area contributed by atoms with E-state index in [1.54, 1.807) is 10.9 Å². The highest BCUT2D eigenvalue weighted by Crippen LogP contribution is 2.25. The highest BCUT2D eigenvalue weighted by molar-refractivity contribution is 5.92. The largest absolute Gasteiger partial charge is 0.396 e. The molecule has 1 aliphatic rings. The Kier molecular flexibility index (Phi) is 4.27. The molecule has 7 nitrogen and oxygen atoms in total. The number of amides is 1. The standard InChI is InChI=1S/C11H19N5O2/c12-4-5-16-6-10(14-15-16)11(18)13-9-3-1-2-8(9)7-17/h6,8-9,17H,1-5,7,12H2,(H,13,18). The predicted octanol–water partition coefficient (Wildman–Crippen LogP) is -0.872. The number of hydrogen-bond acceptors (Lipinski definition) is 5. The lowest BCUT2D eigenvalue weighted by Crippen LogP contribution is -2.38. The van der Waals surface area contributed by atoms with Crippen molar-refractivity contribution >= 4 is 5.91 Å². The minimum absolute atomic E-state index is 0.0437. The Labute approximate surface area is 105 Å². The molecule has 1 saturated carbocycles. The van der Waals surface area contributed by atoms with Gasteiger partial charge in [-0.25, -0.2) is 0 Å². The lowest BCUT2D eigenvalue weighted by Gasteiger charge is -2.17. The van der Waals surface area contributed by atoms with E-state index in [0.29, 0.717) is 18.8 Å². The van der Waals surface area contributed by atoms with E-state index in [2.05, 4.69) is 15.6 Å². The highest BCUT2D eigenvalue weighted by atomic mass is 16.3. The van der Waals surface area contributed by atoms with Gasteiger partial charge in [0.25, 0.3) is 5.91 Å². The fourth-order valence-corrected chi connectivity index (χ4v) is 2.33. The zero-order valence-electron chi connectivity index (χ0n) is 10.2. The molecule has 7 heteroatoms. The van der Waals surface area contributed by atoms with E-state index in [-0.39, 0.29) is 24.5 Å². The molecule has 2 rings (SSSR count). The Bertz CT molecular complexity index is 406. The van der Waals surface area contributed by atoms with Gasteiger partial charge in [-0.05, 0) is 12.8 Å². The van der Waals surface area contributed by atoms with E-state index >= 15 is 0 Å². The van der Waals surface area contributed by atoms with Crippen molar-refractivity contribution in [2.45, 2.75) is 31.8 Å². The smallest absolute Gasteiger partial charge is 0.273 e.